The molecular weight excluding hydrogens is 270 g/mol. The number of carboxylic acids is 1. The van der Waals surface area contributed by atoms with E-state index >= 15 is 0 Å². The zero-order valence-corrected chi connectivity index (χ0v) is 12.0. The fraction of sp³-hybridized carbons (Fsp3) is 0.267. The molecule has 2 aromatic rings. The first-order chi connectivity index (χ1) is 9.97. The molecule has 0 bridgehead atoms. The molecule has 0 atom stereocenters. The number of carbonyl (C=O) groups is 1. The van der Waals surface area contributed by atoms with Crippen LogP contribution in [0.3, 0.4) is 0 Å². The second kappa shape index (κ2) is 6.21. The highest BCUT2D eigenvalue weighted by molar-refractivity contribution is 5.70. The van der Waals surface area contributed by atoms with Crippen molar-refractivity contribution in [1.29, 1.82) is 0 Å². The Balaban J connectivity index is 2.30. The van der Waals surface area contributed by atoms with E-state index in [2.05, 4.69) is 5.10 Å². The summed E-state index contributed by atoms with van der Waals surface area (Å²) in [4.78, 5) is 24.7. The quantitative estimate of drug-likeness (QED) is 0.887. The molecule has 0 spiro atoms. The molecular formula is C15H17N3O3. The van der Waals surface area contributed by atoms with Gasteiger partial charge >= 0.3 is 5.97 Å². The van der Waals surface area contributed by atoms with Crippen LogP contribution in [-0.4, -0.2) is 35.0 Å². The minimum Gasteiger partial charge on any atom is -0.481 e. The van der Waals surface area contributed by atoms with Crippen LogP contribution in [0.25, 0.3) is 0 Å². The number of aliphatic carboxylic acids is 1. The zero-order valence-electron chi connectivity index (χ0n) is 12.0. The van der Waals surface area contributed by atoms with Gasteiger partial charge in [-0.3, -0.25) is 9.59 Å². The summed E-state index contributed by atoms with van der Waals surface area (Å²) in [5, 5.41) is 13.0. The molecule has 0 amide bonds. The molecule has 0 aliphatic carbocycles. The SMILES string of the molecule is CN(C)c1cnn(Cc2ccccc2CC(=O)O)c(=O)c1. The number of aromatic nitrogens is 2. The molecule has 0 aliphatic heterocycles. The van der Waals surface area contributed by atoms with Gasteiger partial charge in [0.2, 0.25) is 0 Å². The minimum atomic E-state index is -0.897. The van der Waals surface area contributed by atoms with E-state index in [0.29, 0.717) is 5.56 Å². The summed E-state index contributed by atoms with van der Waals surface area (Å²) in [6.07, 6.45) is 1.54. The number of anilines is 1. The van der Waals surface area contributed by atoms with Gasteiger partial charge in [-0.2, -0.15) is 5.10 Å². The van der Waals surface area contributed by atoms with Crippen molar-refractivity contribution in [2.24, 2.45) is 0 Å². The van der Waals surface area contributed by atoms with Crippen LogP contribution < -0.4 is 10.5 Å². The second-order valence-electron chi connectivity index (χ2n) is 4.94. The first-order valence-electron chi connectivity index (χ1n) is 6.50. The van der Waals surface area contributed by atoms with Gasteiger partial charge in [-0.05, 0) is 11.1 Å². The lowest BCUT2D eigenvalue weighted by Gasteiger charge is -2.13. The lowest BCUT2D eigenvalue weighted by Crippen LogP contribution is -2.25. The third kappa shape index (κ3) is 3.68. The van der Waals surface area contributed by atoms with Crippen molar-refractivity contribution in [2.75, 3.05) is 19.0 Å². The Bertz CT molecular complexity index is 707. The smallest absolute Gasteiger partial charge is 0.307 e. The van der Waals surface area contributed by atoms with E-state index in [4.69, 9.17) is 5.11 Å². The number of hydrogen-bond acceptors (Lipinski definition) is 4. The van der Waals surface area contributed by atoms with E-state index in [1.54, 1.807) is 23.2 Å². The van der Waals surface area contributed by atoms with Crippen molar-refractivity contribution < 1.29 is 9.90 Å². The van der Waals surface area contributed by atoms with Crippen LogP contribution in [-0.2, 0) is 17.8 Å². The first kappa shape index (κ1) is 14.8. The van der Waals surface area contributed by atoms with Gasteiger partial charge in [0.1, 0.15) is 0 Å². The molecule has 0 aliphatic rings. The second-order valence-corrected chi connectivity index (χ2v) is 4.94. The molecule has 0 unspecified atom stereocenters. The number of carboxylic acid groups (broad SMARTS) is 1. The Morgan fingerprint density at radius 1 is 1.29 bits per heavy atom. The predicted molar refractivity (Wildman–Crippen MR) is 79.7 cm³/mol. The maximum atomic E-state index is 12.0. The molecule has 0 saturated carbocycles. The largest absolute Gasteiger partial charge is 0.481 e. The van der Waals surface area contributed by atoms with Crippen molar-refractivity contribution >= 4 is 11.7 Å². The molecule has 6 nitrogen and oxygen atoms in total. The Hall–Kier alpha value is -2.63. The topological polar surface area (TPSA) is 75.4 Å². The van der Waals surface area contributed by atoms with Gasteiger partial charge in [0.25, 0.3) is 5.56 Å². The van der Waals surface area contributed by atoms with Gasteiger partial charge in [0.15, 0.2) is 0 Å². The number of benzene rings is 1. The number of nitrogens with zero attached hydrogens (tertiary/aromatic N) is 3. The van der Waals surface area contributed by atoms with Gasteiger partial charge in [-0.25, -0.2) is 4.68 Å². The monoisotopic (exact) mass is 287 g/mol. The van der Waals surface area contributed by atoms with Crippen LogP contribution in [0.15, 0.2) is 41.3 Å². The average Bonchev–Trinajstić information content (AvgIpc) is 2.42. The fourth-order valence-corrected chi connectivity index (χ4v) is 2.00. The van der Waals surface area contributed by atoms with Crippen molar-refractivity contribution in [3.05, 3.63) is 58.0 Å². The Labute approximate surface area is 122 Å². The summed E-state index contributed by atoms with van der Waals surface area (Å²) in [7, 11) is 3.67. The van der Waals surface area contributed by atoms with E-state index in [-0.39, 0.29) is 18.5 Å². The Morgan fingerprint density at radius 3 is 2.52 bits per heavy atom. The van der Waals surface area contributed by atoms with Crippen molar-refractivity contribution in [2.45, 2.75) is 13.0 Å². The van der Waals surface area contributed by atoms with Gasteiger partial charge in [-0.1, -0.05) is 24.3 Å². The predicted octanol–water partition coefficient (Wildman–Crippen LogP) is 0.985. The van der Waals surface area contributed by atoms with Crippen LogP contribution in [0.4, 0.5) is 5.69 Å². The first-order valence-corrected chi connectivity index (χ1v) is 6.50. The maximum Gasteiger partial charge on any atom is 0.307 e. The molecule has 110 valence electrons. The highest BCUT2D eigenvalue weighted by Crippen LogP contribution is 2.11. The molecule has 1 aromatic heterocycles. The Morgan fingerprint density at radius 2 is 1.95 bits per heavy atom. The summed E-state index contributed by atoms with van der Waals surface area (Å²) < 4.78 is 1.33. The summed E-state index contributed by atoms with van der Waals surface area (Å²) >= 11 is 0. The summed E-state index contributed by atoms with van der Waals surface area (Å²) in [5.41, 5.74) is 1.99. The lowest BCUT2D eigenvalue weighted by atomic mass is 10.0. The molecule has 1 N–H and O–H groups in total. The van der Waals surface area contributed by atoms with Gasteiger partial charge < -0.3 is 10.0 Å². The van der Waals surface area contributed by atoms with E-state index in [9.17, 15) is 9.59 Å². The number of rotatable bonds is 5. The van der Waals surface area contributed by atoms with Gasteiger partial charge in [0.05, 0.1) is 24.8 Å². The van der Waals surface area contributed by atoms with Crippen LogP contribution >= 0.6 is 0 Å². The standard InChI is InChI=1S/C15H17N3O3/c1-17(2)13-8-14(19)18(16-9-13)10-12-6-4-3-5-11(12)7-15(20)21/h3-6,8-9H,7,10H2,1-2H3,(H,20,21). The molecule has 1 heterocycles. The van der Waals surface area contributed by atoms with Gasteiger partial charge in [-0.15, -0.1) is 0 Å². The average molecular weight is 287 g/mol. The highest BCUT2D eigenvalue weighted by atomic mass is 16.4. The zero-order chi connectivity index (χ0) is 15.4. The van der Waals surface area contributed by atoms with E-state index in [1.165, 1.54) is 10.7 Å². The lowest BCUT2D eigenvalue weighted by molar-refractivity contribution is -0.136. The Kier molecular flexibility index (Phi) is 4.37. The van der Waals surface area contributed by atoms with Crippen molar-refractivity contribution in [3.8, 4) is 0 Å². The molecule has 1 aromatic carbocycles. The van der Waals surface area contributed by atoms with E-state index in [1.807, 2.05) is 26.2 Å². The molecule has 0 radical (unpaired) electrons. The molecule has 6 heteroatoms. The normalized spacial score (nSPS) is 10.4. The van der Waals surface area contributed by atoms with Crippen LogP contribution in [0, 0.1) is 0 Å². The summed E-state index contributed by atoms with van der Waals surface area (Å²) in [6, 6.07) is 8.68. The summed E-state index contributed by atoms with van der Waals surface area (Å²) in [5.74, 6) is -0.897. The van der Waals surface area contributed by atoms with E-state index < -0.39 is 5.97 Å². The van der Waals surface area contributed by atoms with Crippen LogP contribution in [0.5, 0.6) is 0 Å². The van der Waals surface area contributed by atoms with Crippen molar-refractivity contribution in [1.82, 2.24) is 9.78 Å². The maximum absolute atomic E-state index is 12.0. The van der Waals surface area contributed by atoms with Gasteiger partial charge in [0, 0.05) is 20.2 Å². The highest BCUT2D eigenvalue weighted by Gasteiger charge is 2.08. The fourth-order valence-electron chi connectivity index (χ4n) is 2.00. The molecule has 2 rings (SSSR count). The van der Waals surface area contributed by atoms with Crippen LogP contribution in [0.1, 0.15) is 11.1 Å². The molecule has 0 saturated heterocycles. The van der Waals surface area contributed by atoms with E-state index in [0.717, 1.165) is 11.3 Å². The van der Waals surface area contributed by atoms with Crippen LogP contribution in [0.2, 0.25) is 0 Å². The molecule has 21 heavy (non-hydrogen) atoms. The third-order valence-electron chi connectivity index (χ3n) is 3.15. The molecule has 0 fully saturated rings. The third-order valence-corrected chi connectivity index (χ3v) is 3.15. The van der Waals surface area contributed by atoms with Crippen molar-refractivity contribution in [3.63, 3.8) is 0 Å². The summed E-state index contributed by atoms with van der Waals surface area (Å²) in [6.45, 7) is 0.260. The number of hydrogen-bond donors (Lipinski definition) is 1. The minimum absolute atomic E-state index is 0.0687.